The number of aromatic nitrogens is 1. The molecule has 1 heterocycles. The number of hydrogen-bond acceptors (Lipinski definition) is 4. The van der Waals surface area contributed by atoms with Crippen molar-refractivity contribution < 1.29 is 22.9 Å². The summed E-state index contributed by atoms with van der Waals surface area (Å²) in [5.74, 6) is -6.90. The number of carbonyl (C=O) groups is 1. The molecule has 0 aliphatic heterocycles. The Morgan fingerprint density at radius 3 is 2.41 bits per heavy atom. The normalized spacial score (nSPS) is 10.3. The van der Waals surface area contributed by atoms with Crippen LogP contribution in [0.4, 0.5) is 18.9 Å². The minimum Gasteiger partial charge on any atom is -0.348 e. The highest BCUT2D eigenvalue weighted by atomic mass is 19.2. The first-order valence-corrected chi connectivity index (χ1v) is 5.90. The van der Waals surface area contributed by atoms with E-state index < -0.39 is 39.5 Å². The summed E-state index contributed by atoms with van der Waals surface area (Å²) >= 11 is 0. The van der Waals surface area contributed by atoms with Crippen LogP contribution in [0.5, 0.6) is 0 Å². The Morgan fingerprint density at radius 2 is 1.82 bits per heavy atom. The van der Waals surface area contributed by atoms with Gasteiger partial charge >= 0.3 is 5.69 Å². The second kappa shape index (κ2) is 6.20. The molecule has 114 valence electrons. The zero-order valence-electron chi connectivity index (χ0n) is 10.8. The minimum atomic E-state index is -2.07. The van der Waals surface area contributed by atoms with E-state index >= 15 is 0 Å². The van der Waals surface area contributed by atoms with Crippen LogP contribution in [-0.4, -0.2) is 15.8 Å². The van der Waals surface area contributed by atoms with Gasteiger partial charge in [0.15, 0.2) is 5.82 Å². The first-order chi connectivity index (χ1) is 10.4. The largest absolute Gasteiger partial charge is 0.348 e. The summed E-state index contributed by atoms with van der Waals surface area (Å²) in [6.07, 6.45) is 2.93. The minimum absolute atomic E-state index is 0.0341. The highest BCUT2D eigenvalue weighted by Crippen LogP contribution is 2.25. The molecular weight excluding hydrogens is 303 g/mol. The van der Waals surface area contributed by atoms with Gasteiger partial charge in [-0.2, -0.15) is 4.39 Å². The molecule has 1 aromatic heterocycles. The SMILES string of the molecule is O=C(NCc1ccncc1)c1cc([N+](=O)[O-])c(F)c(F)c1F. The predicted octanol–water partition coefficient (Wildman–Crippen LogP) is 2.34. The summed E-state index contributed by atoms with van der Waals surface area (Å²) in [5.41, 5.74) is -1.63. The zero-order chi connectivity index (χ0) is 16.3. The van der Waals surface area contributed by atoms with Crippen molar-refractivity contribution in [3.8, 4) is 0 Å². The molecule has 1 aromatic carbocycles. The number of pyridine rings is 1. The third kappa shape index (κ3) is 3.03. The van der Waals surface area contributed by atoms with E-state index in [4.69, 9.17) is 0 Å². The van der Waals surface area contributed by atoms with E-state index in [-0.39, 0.29) is 6.54 Å². The number of hydrogen-bond donors (Lipinski definition) is 1. The Bertz CT molecular complexity index is 738. The molecule has 2 aromatic rings. The molecule has 2 rings (SSSR count). The van der Waals surface area contributed by atoms with E-state index in [2.05, 4.69) is 10.3 Å². The quantitative estimate of drug-likeness (QED) is 0.533. The van der Waals surface area contributed by atoms with Gasteiger partial charge in [0.25, 0.3) is 5.91 Å². The van der Waals surface area contributed by atoms with E-state index in [9.17, 15) is 28.1 Å². The monoisotopic (exact) mass is 311 g/mol. The number of benzene rings is 1. The maximum Gasteiger partial charge on any atom is 0.308 e. The summed E-state index contributed by atoms with van der Waals surface area (Å²) in [4.78, 5) is 24.9. The standard InChI is InChI=1S/C13H8F3N3O3/c14-10-8(5-9(19(21)22)11(15)12(10)16)13(20)18-6-7-1-3-17-4-2-7/h1-5H,6H2,(H,18,20). The molecule has 22 heavy (non-hydrogen) atoms. The Balaban J connectivity index is 2.28. The molecule has 0 unspecified atom stereocenters. The molecule has 0 bridgehead atoms. The molecule has 0 aliphatic carbocycles. The second-order valence-corrected chi connectivity index (χ2v) is 4.18. The molecule has 0 radical (unpaired) electrons. The average Bonchev–Trinajstić information content (AvgIpc) is 2.51. The number of nitrogens with zero attached hydrogens (tertiary/aromatic N) is 2. The van der Waals surface area contributed by atoms with Gasteiger partial charge in [-0.1, -0.05) is 0 Å². The van der Waals surface area contributed by atoms with Crippen molar-refractivity contribution in [1.29, 1.82) is 0 Å². The van der Waals surface area contributed by atoms with Crippen LogP contribution in [0.25, 0.3) is 0 Å². The lowest BCUT2D eigenvalue weighted by Crippen LogP contribution is -2.24. The molecular formula is C13H8F3N3O3. The Labute approximate surface area is 121 Å². The lowest BCUT2D eigenvalue weighted by molar-refractivity contribution is -0.387. The summed E-state index contributed by atoms with van der Waals surface area (Å²) in [6, 6.07) is 3.50. The van der Waals surface area contributed by atoms with Crippen molar-refractivity contribution >= 4 is 11.6 Å². The van der Waals surface area contributed by atoms with Crippen molar-refractivity contribution in [1.82, 2.24) is 10.3 Å². The molecule has 0 saturated carbocycles. The van der Waals surface area contributed by atoms with Crippen molar-refractivity contribution in [3.63, 3.8) is 0 Å². The Kier molecular flexibility index (Phi) is 4.35. The lowest BCUT2D eigenvalue weighted by atomic mass is 10.1. The number of nitro groups is 1. The molecule has 0 aliphatic rings. The van der Waals surface area contributed by atoms with Gasteiger partial charge in [0.05, 0.1) is 10.5 Å². The maximum atomic E-state index is 13.6. The first-order valence-electron chi connectivity index (χ1n) is 5.90. The van der Waals surface area contributed by atoms with Crippen LogP contribution in [0, 0.1) is 27.6 Å². The van der Waals surface area contributed by atoms with Crippen molar-refractivity contribution in [2.45, 2.75) is 6.54 Å². The van der Waals surface area contributed by atoms with E-state index in [0.29, 0.717) is 11.6 Å². The highest BCUT2D eigenvalue weighted by molar-refractivity contribution is 5.95. The maximum absolute atomic E-state index is 13.6. The number of halogens is 3. The van der Waals surface area contributed by atoms with Crippen LogP contribution in [0.3, 0.4) is 0 Å². The molecule has 0 spiro atoms. The third-order valence-electron chi connectivity index (χ3n) is 2.77. The van der Waals surface area contributed by atoms with Gasteiger partial charge in [-0.15, -0.1) is 0 Å². The molecule has 1 amide bonds. The van der Waals surface area contributed by atoms with Gasteiger partial charge in [0.1, 0.15) is 0 Å². The van der Waals surface area contributed by atoms with Crippen LogP contribution in [0.1, 0.15) is 15.9 Å². The highest BCUT2D eigenvalue weighted by Gasteiger charge is 2.28. The summed E-state index contributed by atoms with van der Waals surface area (Å²) in [6.45, 7) is -0.0341. The van der Waals surface area contributed by atoms with E-state index in [1.54, 1.807) is 12.1 Å². The average molecular weight is 311 g/mol. The smallest absolute Gasteiger partial charge is 0.308 e. The van der Waals surface area contributed by atoms with Gasteiger partial charge in [-0.3, -0.25) is 19.9 Å². The van der Waals surface area contributed by atoms with Crippen LogP contribution in [-0.2, 0) is 6.54 Å². The molecule has 0 saturated heterocycles. The zero-order valence-corrected chi connectivity index (χ0v) is 10.8. The summed E-state index contributed by atoms with van der Waals surface area (Å²) in [7, 11) is 0. The van der Waals surface area contributed by atoms with E-state index in [1.165, 1.54) is 12.4 Å². The molecule has 0 atom stereocenters. The van der Waals surface area contributed by atoms with Crippen LogP contribution in [0.2, 0.25) is 0 Å². The first kappa shape index (κ1) is 15.4. The number of amides is 1. The van der Waals surface area contributed by atoms with Gasteiger partial charge in [0, 0.05) is 25.0 Å². The third-order valence-corrected chi connectivity index (χ3v) is 2.77. The topological polar surface area (TPSA) is 85.1 Å². The van der Waals surface area contributed by atoms with Crippen molar-refractivity contribution in [3.05, 3.63) is 69.3 Å². The van der Waals surface area contributed by atoms with Gasteiger partial charge < -0.3 is 5.32 Å². The van der Waals surface area contributed by atoms with Crippen molar-refractivity contribution in [2.75, 3.05) is 0 Å². The Morgan fingerprint density at radius 1 is 1.18 bits per heavy atom. The number of rotatable bonds is 4. The fraction of sp³-hybridized carbons (Fsp3) is 0.0769. The summed E-state index contributed by atoms with van der Waals surface area (Å²) < 4.78 is 40.1. The van der Waals surface area contributed by atoms with Crippen molar-refractivity contribution in [2.24, 2.45) is 0 Å². The van der Waals surface area contributed by atoms with E-state index in [0.717, 1.165) is 0 Å². The van der Waals surface area contributed by atoms with Crippen LogP contribution >= 0.6 is 0 Å². The predicted molar refractivity (Wildman–Crippen MR) is 68.4 cm³/mol. The fourth-order valence-corrected chi connectivity index (χ4v) is 1.67. The number of carbonyl (C=O) groups excluding carboxylic acids is 1. The Hall–Kier alpha value is -2.97. The van der Waals surface area contributed by atoms with E-state index in [1.807, 2.05) is 0 Å². The second-order valence-electron chi connectivity index (χ2n) is 4.18. The lowest BCUT2D eigenvalue weighted by Gasteiger charge is -2.07. The van der Waals surface area contributed by atoms with Crippen LogP contribution < -0.4 is 5.32 Å². The molecule has 6 nitrogen and oxygen atoms in total. The fourth-order valence-electron chi connectivity index (χ4n) is 1.67. The summed E-state index contributed by atoms with van der Waals surface area (Å²) in [5, 5.41) is 12.8. The van der Waals surface area contributed by atoms with Gasteiger partial charge in [-0.05, 0) is 17.7 Å². The van der Waals surface area contributed by atoms with Gasteiger partial charge in [0.2, 0.25) is 11.6 Å². The number of nitro benzene ring substituents is 1. The molecule has 9 heteroatoms. The van der Waals surface area contributed by atoms with Gasteiger partial charge in [-0.25, -0.2) is 8.78 Å². The molecule has 1 N–H and O–H groups in total. The molecule has 0 fully saturated rings. The number of nitrogens with one attached hydrogen (secondary N) is 1. The van der Waals surface area contributed by atoms with Crippen LogP contribution in [0.15, 0.2) is 30.6 Å².